The molecular formula is C30H45N5O5. The molecule has 4 saturated heterocycles. The molecule has 10 nitrogen and oxygen atoms in total. The van der Waals surface area contributed by atoms with Gasteiger partial charge in [0.2, 0.25) is 29.5 Å². The van der Waals surface area contributed by atoms with Gasteiger partial charge in [0, 0.05) is 95.2 Å². The zero-order valence-electron chi connectivity index (χ0n) is 24.0. The predicted molar refractivity (Wildman–Crippen MR) is 149 cm³/mol. The molecule has 5 heterocycles. The highest BCUT2D eigenvalue weighted by Crippen LogP contribution is 2.31. The minimum Gasteiger partial charge on any atom is -0.343 e. The van der Waals surface area contributed by atoms with Gasteiger partial charge in [-0.3, -0.25) is 24.0 Å². The summed E-state index contributed by atoms with van der Waals surface area (Å²) in [5.74, 6) is 0.693. The Kier molecular flexibility index (Phi) is 9.10. The molecule has 0 aromatic heterocycles. The summed E-state index contributed by atoms with van der Waals surface area (Å²) >= 11 is 0. The number of likely N-dealkylation sites (tertiary alicyclic amines) is 4. The van der Waals surface area contributed by atoms with Gasteiger partial charge < -0.3 is 24.5 Å². The van der Waals surface area contributed by atoms with Gasteiger partial charge >= 0.3 is 0 Å². The smallest absolute Gasteiger partial charge is 0.230 e. The van der Waals surface area contributed by atoms with Crippen molar-refractivity contribution in [2.75, 3.05) is 32.7 Å². The van der Waals surface area contributed by atoms with Crippen molar-refractivity contribution in [3.63, 3.8) is 0 Å². The van der Waals surface area contributed by atoms with Crippen molar-refractivity contribution >= 4 is 29.5 Å². The first-order chi connectivity index (χ1) is 19.3. The lowest BCUT2D eigenvalue weighted by molar-refractivity contribution is -0.132. The van der Waals surface area contributed by atoms with Crippen molar-refractivity contribution in [3.8, 4) is 0 Å². The summed E-state index contributed by atoms with van der Waals surface area (Å²) in [6.45, 7) is 5.59. The number of carbonyl (C=O) groups is 5. The molecule has 0 aliphatic carbocycles. The van der Waals surface area contributed by atoms with E-state index in [1.165, 1.54) is 0 Å². The van der Waals surface area contributed by atoms with Crippen LogP contribution in [0.5, 0.6) is 0 Å². The Morgan fingerprint density at radius 2 is 1.15 bits per heavy atom. The van der Waals surface area contributed by atoms with Crippen LogP contribution in [0.15, 0.2) is 12.3 Å². The third kappa shape index (κ3) is 6.36. The third-order valence-electron chi connectivity index (χ3n) is 9.59. The summed E-state index contributed by atoms with van der Waals surface area (Å²) in [5, 5.41) is 0. The van der Waals surface area contributed by atoms with Crippen LogP contribution in [0.1, 0.15) is 90.4 Å². The quantitative estimate of drug-likeness (QED) is 0.347. The second-order valence-electron chi connectivity index (χ2n) is 12.3. The number of hydrogen-bond acceptors (Lipinski definition) is 5. The summed E-state index contributed by atoms with van der Waals surface area (Å²) < 4.78 is 0. The molecule has 10 heteroatoms. The fourth-order valence-corrected chi connectivity index (χ4v) is 7.49. The number of rotatable bonds is 13. The first-order valence-corrected chi connectivity index (χ1v) is 15.5. The highest BCUT2D eigenvalue weighted by molar-refractivity contribution is 5.82. The second-order valence-corrected chi connectivity index (χ2v) is 12.3. The topological polar surface area (TPSA) is 102 Å². The van der Waals surface area contributed by atoms with Crippen molar-refractivity contribution in [1.29, 1.82) is 0 Å². The van der Waals surface area contributed by atoms with Gasteiger partial charge in [0.05, 0.1) is 0 Å². The van der Waals surface area contributed by atoms with Crippen LogP contribution in [0.3, 0.4) is 0 Å². The van der Waals surface area contributed by atoms with Crippen LogP contribution < -0.4 is 0 Å². The predicted octanol–water partition coefficient (Wildman–Crippen LogP) is 2.28. The van der Waals surface area contributed by atoms with Crippen LogP contribution in [-0.2, 0) is 24.0 Å². The van der Waals surface area contributed by atoms with E-state index in [-0.39, 0.29) is 53.7 Å². The fourth-order valence-electron chi connectivity index (χ4n) is 7.49. The molecule has 0 saturated carbocycles. The normalized spacial score (nSPS) is 24.8. The first kappa shape index (κ1) is 28.6. The lowest BCUT2D eigenvalue weighted by Gasteiger charge is -2.40. The van der Waals surface area contributed by atoms with Crippen LogP contribution in [0.4, 0.5) is 0 Å². The van der Waals surface area contributed by atoms with E-state index >= 15 is 0 Å². The molecule has 5 aliphatic rings. The fraction of sp³-hybridized carbons (Fsp3) is 0.767. The first-order valence-electron chi connectivity index (χ1n) is 15.5. The molecule has 5 aliphatic heterocycles. The van der Waals surface area contributed by atoms with Crippen molar-refractivity contribution in [1.82, 2.24) is 24.5 Å². The van der Waals surface area contributed by atoms with E-state index in [9.17, 15) is 24.0 Å². The average Bonchev–Trinajstić information content (AvgIpc) is 3.75. The lowest BCUT2D eigenvalue weighted by atomic mass is 9.92. The maximum absolute atomic E-state index is 13.1. The van der Waals surface area contributed by atoms with Gasteiger partial charge in [-0.2, -0.15) is 0 Å². The molecule has 0 spiro atoms. The number of carbonyl (C=O) groups excluding carboxylic acids is 5. The van der Waals surface area contributed by atoms with Gasteiger partial charge in [0.15, 0.2) is 0 Å². The van der Waals surface area contributed by atoms with Crippen molar-refractivity contribution in [3.05, 3.63) is 12.3 Å². The zero-order chi connectivity index (χ0) is 28.2. The van der Waals surface area contributed by atoms with Crippen LogP contribution >= 0.6 is 0 Å². The van der Waals surface area contributed by atoms with Gasteiger partial charge in [0.25, 0.3) is 0 Å². The molecule has 4 fully saturated rings. The van der Waals surface area contributed by atoms with Gasteiger partial charge in [-0.05, 0) is 58.3 Å². The van der Waals surface area contributed by atoms with E-state index in [1.807, 2.05) is 36.8 Å². The summed E-state index contributed by atoms with van der Waals surface area (Å²) in [7, 11) is 0. The zero-order valence-corrected chi connectivity index (χ0v) is 24.0. The summed E-state index contributed by atoms with van der Waals surface area (Å²) in [4.78, 5) is 73.4. The van der Waals surface area contributed by atoms with E-state index in [0.717, 1.165) is 38.8 Å². The van der Waals surface area contributed by atoms with Crippen LogP contribution in [0.2, 0.25) is 0 Å². The highest BCUT2D eigenvalue weighted by Gasteiger charge is 2.39. The van der Waals surface area contributed by atoms with Crippen LogP contribution in [0.25, 0.3) is 0 Å². The summed E-state index contributed by atoms with van der Waals surface area (Å²) in [6.07, 6.45) is 12.3. The molecule has 0 N–H and O–H groups in total. The molecule has 0 aromatic rings. The Morgan fingerprint density at radius 3 is 1.65 bits per heavy atom. The Labute approximate surface area is 237 Å². The Bertz CT molecular complexity index is 1030. The molecular weight excluding hydrogens is 510 g/mol. The molecule has 5 amide bonds. The Balaban J connectivity index is 1.37. The van der Waals surface area contributed by atoms with E-state index in [4.69, 9.17) is 0 Å². The molecule has 0 aromatic carbocycles. The Hall–Kier alpha value is -2.91. The van der Waals surface area contributed by atoms with E-state index < -0.39 is 0 Å². The number of hydrogen-bond donors (Lipinski definition) is 0. The SMILES string of the molecule is C[C@@H](C[C@H](C[C@@H](C[C@@H](CCN1CCCC1=O)N1C=CCC1=O)N1CCCC1=O)N1CCCC1=O)N1CCCC1=O. The summed E-state index contributed by atoms with van der Waals surface area (Å²) in [5.41, 5.74) is 0. The van der Waals surface area contributed by atoms with Gasteiger partial charge in [-0.25, -0.2) is 0 Å². The second kappa shape index (κ2) is 12.7. The number of nitrogens with zero attached hydrogens (tertiary/aromatic N) is 5. The molecule has 40 heavy (non-hydrogen) atoms. The van der Waals surface area contributed by atoms with Gasteiger partial charge in [-0.1, -0.05) is 6.08 Å². The van der Waals surface area contributed by atoms with E-state index in [2.05, 4.69) is 6.92 Å². The molecule has 4 atom stereocenters. The molecule has 5 rings (SSSR count). The monoisotopic (exact) mass is 555 g/mol. The molecule has 0 radical (unpaired) electrons. The van der Waals surface area contributed by atoms with Crippen LogP contribution in [0, 0.1) is 0 Å². The summed E-state index contributed by atoms with van der Waals surface area (Å²) in [6, 6.07) is -0.327. The minimum absolute atomic E-state index is 0.0170. The third-order valence-corrected chi connectivity index (χ3v) is 9.59. The number of amides is 5. The maximum atomic E-state index is 13.1. The Morgan fingerprint density at radius 1 is 0.625 bits per heavy atom. The van der Waals surface area contributed by atoms with E-state index in [0.29, 0.717) is 77.4 Å². The maximum Gasteiger partial charge on any atom is 0.230 e. The van der Waals surface area contributed by atoms with Crippen molar-refractivity contribution in [2.24, 2.45) is 0 Å². The van der Waals surface area contributed by atoms with Crippen molar-refractivity contribution < 1.29 is 24.0 Å². The minimum atomic E-state index is -0.134. The molecule has 0 bridgehead atoms. The highest BCUT2D eigenvalue weighted by atomic mass is 16.2. The van der Waals surface area contributed by atoms with Gasteiger partial charge in [0.1, 0.15) is 0 Å². The van der Waals surface area contributed by atoms with Gasteiger partial charge in [-0.15, -0.1) is 0 Å². The molecule has 220 valence electrons. The lowest BCUT2D eigenvalue weighted by Crippen LogP contribution is -2.49. The van der Waals surface area contributed by atoms with Crippen LogP contribution in [-0.4, -0.2) is 111 Å². The molecule has 0 unspecified atom stereocenters. The van der Waals surface area contributed by atoms with E-state index in [1.54, 1.807) is 0 Å². The largest absolute Gasteiger partial charge is 0.343 e. The average molecular weight is 556 g/mol. The standard InChI is InChI=1S/C30H45N5O5/c1-22(32-14-3-8-27(32)37)19-24(34-16-5-10-29(34)39)21-25(35-17-6-11-30(35)40)20-23(33-15-4-9-28(33)38)12-18-31-13-2-7-26(31)36/h4,15,22-25H,2-3,5-14,16-21H2,1H3/t22-,23+,24+,25+/m0/s1. The van der Waals surface area contributed by atoms with Crippen molar-refractivity contribution in [2.45, 2.75) is 115 Å².